The minimum atomic E-state index is -0.0462. The number of nitrogens with zero attached hydrogens (tertiary/aromatic N) is 2. The largest absolute Gasteiger partial charge is 0.354 e. The fourth-order valence-electron chi connectivity index (χ4n) is 2.98. The summed E-state index contributed by atoms with van der Waals surface area (Å²) in [5, 5.41) is 5.65. The lowest BCUT2D eigenvalue weighted by Gasteiger charge is -2.07. The fourth-order valence-corrected chi connectivity index (χ4v) is 2.98. The molecule has 3 aromatic rings. The third-order valence-electron chi connectivity index (χ3n) is 4.43. The van der Waals surface area contributed by atoms with Gasteiger partial charge in [0.15, 0.2) is 0 Å². The lowest BCUT2D eigenvalue weighted by molar-refractivity contribution is -0.122. The summed E-state index contributed by atoms with van der Waals surface area (Å²) < 4.78 is 2.02. The van der Waals surface area contributed by atoms with Crippen molar-refractivity contribution in [3.8, 4) is 0 Å². The third-order valence-corrected chi connectivity index (χ3v) is 4.43. The van der Waals surface area contributed by atoms with Gasteiger partial charge in [-0.3, -0.25) is 9.59 Å². The van der Waals surface area contributed by atoms with E-state index >= 15 is 0 Å². The monoisotopic (exact) mass is 364 g/mol. The second kappa shape index (κ2) is 8.98. The summed E-state index contributed by atoms with van der Waals surface area (Å²) in [6.07, 6.45) is 1.30. The Balaban J connectivity index is 1.36. The Hall–Kier alpha value is -3.15. The summed E-state index contributed by atoms with van der Waals surface area (Å²) in [7, 11) is 1.96. The molecule has 0 aliphatic heterocycles. The van der Waals surface area contributed by atoms with Gasteiger partial charge in [-0.25, -0.2) is 4.98 Å². The molecule has 6 heteroatoms. The van der Waals surface area contributed by atoms with Crippen molar-refractivity contribution in [2.45, 2.75) is 19.3 Å². The Bertz CT molecular complexity index is 918. The van der Waals surface area contributed by atoms with E-state index in [1.807, 2.05) is 66.2 Å². The maximum Gasteiger partial charge on any atom is 0.224 e. The van der Waals surface area contributed by atoms with Crippen LogP contribution in [0.25, 0.3) is 11.0 Å². The molecular formula is C21H24N4O2. The number of imidazole rings is 1. The molecule has 0 fully saturated rings. The van der Waals surface area contributed by atoms with E-state index in [-0.39, 0.29) is 11.8 Å². The molecule has 3 rings (SSSR count). The average Bonchev–Trinajstić information content (AvgIpc) is 3.00. The Labute approximate surface area is 158 Å². The molecule has 2 aromatic carbocycles. The molecule has 2 amide bonds. The number of para-hydroxylation sites is 2. The smallest absolute Gasteiger partial charge is 0.224 e. The summed E-state index contributed by atoms with van der Waals surface area (Å²) in [6.45, 7) is 0.839. The van der Waals surface area contributed by atoms with Gasteiger partial charge in [0, 0.05) is 33.0 Å². The summed E-state index contributed by atoms with van der Waals surface area (Å²) in [5.74, 6) is 0.803. The van der Waals surface area contributed by atoms with Crippen LogP contribution >= 0.6 is 0 Å². The van der Waals surface area contributed by atoms with Crippen LogP contribution in [0.15, 0.2) is 54.6 Å². The van der Waals surface area contributed by atoms with Crippen molar-refractivity contribution in [2.75, 3.05) is 13.1 Å². The number of rotatable bonds is 8. The molecule has 0 saturated heterocycles. The van der Waals surface area contributed by atoms with Crippen molar-refractivity contribution in [3.63, 3.8) is 0 Å². The summed E-state index contributed by atoms with van der Waals surface area (Å²) in [4.78, 5) is 28.4. The van der Waals surface area contributed by atoms with Gasteiger partial charge in [0.25, 0.3) is 0 Å². The van der Waals surface area contributed by atoms with Crippen LogP contribution in [-0.4, -0.2) is 34.5 Å². The van der Waals surface area contributed by atoms with E-state index in [0.717, 1.165) is 22.4 Å². The number of benzene rings is 2. The van der Waals surface area contributed by atoms with Crippen LogP contribution in [0.5, 0.6) is 0 Å². The Morgan fingerprint density at radius 3 is 2.33 bits per heavy atom. The number of aromatic nitrogens is 2. The van der Waals surface area contributed by atoms with Crippen molar-refractivity contribution in [2.24, 2.45) is 7.05 Å². The van der Waals surface area contributed by atoms with Crippen LogP contribution in [0.1, 0.15) is 17.8 Å². The van der Waals surface area contributed by atoms with Crippen molar-refractivity contribution in [1.29, 1.82) is 0 Å². The number of carbonyl (C=O) groups is 2. The molecule has 0 spiro atoms. The highest BCUT2D eigenvalue weighted by atomic mass is 16.2. The Kier molecular flexibility index (Phi) is 6.20. The van der Waals surface area contributed by atoms with Crippen LogP contribution in [0, 0.1) is 0 Å². The number of fused-ring (bicyclic) bond motifs is 1. The van der Waals surface area contributed by atoms with E-state index in [1.165, 1.54) is 0 Å². The molecule has 1 aromatic heterocycles. The van der Waals surface area contributed by atoms with Crippen LogP contribution in [0.2, 0.25) is 0 Å². The van der Waals surface area contributed by atoms with Crippen LogP contribution in [0.3, 0.4) is 0 Å². The molecule has 0 aliphatic carbocycles. The lowest BCUT2D eigenvalue weighted by atomic mass is 10.1. The number of nitrogens with one attached hydrogen (secondary N) is 2. The standard InChI is InChI=1S/C21H24N4O2/c1-25-18-10-6-5-9-17(18)24-19(25)11-12-20(26)22-13-14-23-21(27)15-16-7-3-2-4-8-16/h2-10H,11-15H2,1H3,(H,22,26)(H,23,27). The highest BCUT2D eigenvalue weighted by Crippen LogP contribution is 2.15. The number of carbonyl (C=O) groups excluding carboxylic acids is 2. The molecule has 0 atom stereocenters. The highest BCUT2D eigenvalue weighted by Gasteiger charge is 2.09. The van der Waals surface area contributed by atoms with Gasteiger partial charge in [0.2, 0.25) is 11.8 Å². The first-order valence-electron chi connectivity index (χ1n) is 9.11. The summed E-state index contributed by atoms with van der Waals surface area (Å²) >= 11 is 0. The Morgan fingerprint density at radius 2 is 1.59 bits per heavy atom. The van der Waals surface area contributed by atoms with Crippen molar-refractivity contribution >= 4 is 22.8 Å². The second-order valence-electron chi connectivity index (χ2n) is 6.44. The fraction of sp³-hybridized carbons (Fsp3) is 0.286. The molecule has 0 saturated carbocycles. The third kappa shape index (κ3) is 5.17. The predicted molar refractivity (Wildman–Crippen MR) is 105 cm³/mol. The van der Waals surface area contributed by atoms with Gasteiger partial charge in [0.1, 0.15) is 5.82 Å². The molecule has 0 radical (unpaired) electrons. The first-order chi connectivity index (χ1) is 13.1. The number of aryl methyl sites for hydroxylation is 2. The molecule has 140 valence electrons. The van der Waals surface area contributed by atoms with Gasteiger partial charge < -0.3 is 15.2 Å². The first kappa shape index (κ1) is 18.6. The number of hydrogen-bond acceptors (Lipinski definition) is 3. The van der Waals surface area contributed by atoms with Crippen molar-refractivity contribution < 1.29 is 9.59 Å². The quantitative estimate of drug-likeness (QED) is 0.600. The molecule has 2 N–H and O–H groups in total. The van der Waals surface area contributed by atoms with Gasteiger partial charge in [-0.05, 0) is 17.7 Å². The number of amides is 2. The van der Waals surface area contributed by atoms with E-state index in [2.05, 4.69) is 15.6 Å². The molecule has 0 aliphatic rings. The minimum Gasteiger partial charge on any atom is -0.354 e. The van der Waals surface area contributed by atoms with Crippen molar-refractivity contribution in [3.05, 3.63) is 66.0 Å². The second-order valence-corrected chi connectivity index (χ2v) is 6.44. The predicted octanol–water partition coefficient (Wildman–Crippen LogP) is 1.98. The van der Waals surface area contributed by atoms with Crippen LogP contribution in [-0.2, 0) is 29.5 Å². The molecule has 1 heterocycles. The van der Waals surface area contributed by atoms with Crippen molar-refractivity contribution in [1.82, 2.24) is 20.2 Å². The van der Waals surface area contributed by atoms with Gasteiger partial charge in [-0.1, -0.05) is 42.5 Å². The zero-order chi connectivity index (χ0) is 19.1. The van der Waals surface area contributed by atoms with E-state index in [1.54, 1.807) is 0 Å². The maximum absolute atomic E-state index is 12.0. The van der Waals surface area contributed by atoms with Crippen LogP contribution in [0.4, 0.5) is 0 Å². The molecule has 27 heavy (non-hydrogen) atoms. The molecule has 0 bridgehead atoms. The lowest BCUT2D eigenvalue weighted by Crippen LogP contribution is -2.35. The number of hydrogen-bond donors (Lipinski definition) is 2. The van der Waals surface area contributed by atoms with Gasteiger partial charge in [0.05, 0.1) is 17.5 Å². The topological polar surface area (TPSA) is 76.0 Å². The van der Waals surface area contributed by atoms with Crippen LogP contribution < -0.4 is 10.6 Å². The van der Waals surface area contributed by atoms with Gasteiger partial charge >= 0.3 is 0 Å². The summed E-state index contributed by atoms with van der Waals surface area (Å²) in [5.41, 5.74) is 2.98. The maximum atomic E-state index is 12.0. The summed E-state index contributed by atoms with van der Waals surface area (Å²) in [6, 6.07) is 17.5. The van der Waals surface area contributed by atoms with E-state index in [4.69, 9.17) is 0 Å². The normalized spacial score (nSPS) is 10.7. The molecule has 6 nitrogen and oxygen atoms in total. The van der Waals surface area contributed by atoms with E-state index in [9.17, 15) is 9.59 Å². The van der Waals surface area contributed by atoms with Gasteiger partial charge in [-0.15, -0.1) is 0 Å². The molecule has 0 unspecified atom stereocenters. The highest BCUT2D eigenvalue weighted by molar-refractivity contribution is 5.79. The van der Waals surface area contributed by atoms with Gasteiger partial charge in [-0.2, -0.15) is 0 Å². The molecular weight excluding hydrogens is 340 g/mol. The minimum absolute atomic E-state index is 0.0423. The zero-order valence-electron chi connectivity index (χ0n) is 15.4. The first-order valence-corrected chi connectivity index (χ1v) is 9.11. The van der Waals surface area contributed by atoms with E-state index in [0.29, 0.717) is 32.4 Å². The SMILES string of the molecule is Cn1c(CCC(=O)NCCNC(=O)Cc2ccccc2)nc2ccccc21. The Morgan fingerprint density at radius 1 is 0.926 bits per heavy atom. The average molecular weight is 364 g/mol. The van der Waals surface area contributed by atoms with E-state index < -0.39 is 0 Å². The zero-order valence-corrected chi connectivity index (χ0v) is 15.4.